The minimum atomic E-state index is -0.752. The van der Waals surface area contributed by atoms with E-state index in [0.29, 0.717) is 41.6 Å². The topological polar surface area (TPSA) is 141 Å². The van der Waals surface area contributed by atoms with Crippen molar-refractivity contribution < 1.29 is 52.4 Å². The summed E-state index contributed by atoms with van der Waals surface area (Å²) in [7, 11) is 0. The van der Waals surface area contributed by atoms with Crippen LogP contribution in [0.4, 0.5) is 0 Å². The van der Waals surface area contributed by atoms with Crippen LogP contribution in [0, 0.1) is 11.8 Å². The van der Waals surface area contributed by atoms with Crippen LogP contribution in [0.3, 0.4) is 0 Å². The molecule has 2 fully saturated rings. The van der Waals surface area contributed by atoms with E-state index < -0.39 is 47.5 Å². The zero-order valence-corrected chi connectivity index (χ0v) is 33.4. The number of rotatable bonds is 18. The Labute approximate surface area is 353 Å². The number of hydrogen-bond acceptors (Lipinski definition) is 11. The van der Waals surface area contributed by atoms with E-state index in [-0.39, 0.29) is 25.4 Å². The Morgan fingerprint density at radius 1 is 0.557 bits per heavy atom. The van der Waals surface area contributed by atoms with E-state index >= 15 is 0 Å². The van der Waals surface area contributed by atoms with Crippen LogP contribution in [-0.2, 0) is 28.7 Å². The number of hydrogen-bond donors (Lipinski definition) is 0. The van der Waals surface area contributed by atoms with E-state index in [1.807, 2.05) is 97.1 Å². The molecule has 310 valence electrons. The van der Waals surface area contributed by atoms with Crippen LogP contribution in [0.5, 0.6) is 23.0 Å². The third-order valence-corrected chi connectivity index (χ3v) is 11.3. The van der Waals surface area contributed by atoms with Crippen molar-refractivity contribution >= 4 is 35.7 Å². The lowest BCUT2D eigenvalue weighted by Gasteiger charge is -2.33. The van der Waals surface area contributed by atoms with Gasteiger partial charge in [-0.3, -0.25) is 24.0 Å². The number of cyclic esters (lactones) is 4. The fourth-order valence-electron chi connectivity index (χ4n) is 8.08. The summed E-state index contributed by atoms with van der Waals surface area (Å²) in [5, 5.41) is 0. The molecule has 2 saturated heterocycles. The highest BCUT2D eigenvalue weighted by Gasteiger charge is 2.53. The summed E-state index contributed by atoms with van der Waals surface area (Å²) in [6.07, 6.45) is 7.14. The first-order valence-electron chi connectivity index (χ1n) is 20.5. The first kappa shape index (κ1) is 40.8. The SMILES string of the molecule is O=C1CC(C2CC3C(=O)OC(=O)C3c3cc(OCCCCCCOc4ccc(-c5ccc(OCOc6ccc(/C=C/C(=O)c7ccccc7)cc6)cc5)cc4)ccc32)C(=O)O1. The molecule has 61 heavy (non-hydrogen) atoms. The first-order chi connectivity index (χ1) is 29.8. The number of unbranched alkanes of at least 4 members (excludes halogenated alkanes) is 3. The maximum atomic E-state index is 12.7. The summed E-state index contributed by atoms with van der Waals surface area (Å²) >= 11 is 0. The second kappa shape index (κ2) is 18.9. The van der Waals surface area contributed by atoms with Crippen LogP contribution in [-0.4, -0.2) is 49.7 Å². The molecule has 0 spiro atoms. The molecular weight excluding hydrogens is 777 g/mol. The van der Waals surface area contributed by atoms with Crippen LogP contribution < -0.4 is 18.9 Å². The smallest absolute Gasteiger partial charge is 0.321 e. The first-order valence-corrected chi connectivity index (χ1v) is 20.5. The van der Waals surface area contributed by atoms with Crippen LogP contribution in [0.2, 0.25) is 0 Å². The fraction of sp³-hybridized carbons (Fsp3) is 0.260. The molecule has 11 heteroatoms. The van der Waals surface area contributed by atoms with E-state index in [4.69, 9.17) is 28.4 Å². The van der Waals surface area contributed by atoms with Gasteiger partial charge in [-0.1, -0.05) is 78.9 Å². The lowest BCUT2D eigenvalue weighted by atomic mass is 9.67. The minimum absolute atomic E-state index is 0.0475. The summed E-state index contributed by atoms with van der Waals surface area (Å²) in [5.41, 5.74) is 5.00. The van der Waals surface area contributed by atoms with Gasteiger partial charge in [-0.2, -0.15) is 0 Å². The van der Waals surface area contributed by atoms with Gasteiger partial charge in [0, 0.05) is 5.56 Å². The van der Waals surface area contributed by atoms with Crippen molar-refractivity contribution in [2.45, 2.75) is 50.4 Å². The molecule has 8 rings (SSSR count). The summed E-state index contributed by atoms with van der Waals surface area (Å²) < 4.78 is 33.3. The van der Waals surface area contributed by atoms with Crippen LogP contribution in [0.15, 0.2) is 127 Å². The standard InChI is InChI=1S/C50H44O11/c51-45(35-8-4-3-5-9-35)25-12-32-10-17-37(18-11-32)58-31-59-38-21-15-34(16-22-38)33-13-19-36(20-14-33)56-26-6-1-2-7-27-57-39-23-24-40-41(43-30-46(52)60-48(43)53)29-44-47(42(40)28-39)50(55)61-49(44)54/h3-5,8-25,28,41,43-44,47H,1-2,6-7,26-27,29-31H2/b25-12+. The molecule has 5 aromatic rings. The average molecular weight is 821 g/mol. The van der Waals surface area contributed by atoms with Gasteiger partial charge in [0.05, 0.1) is 37.4 Å². The maximum absolute atomic E-state index is 12.7. The van der Waals surface area contributed by atoms with Crippen molar-refractivity contribution in [3.05, 3.63) is 150 Å². The van der Waals surface area contributed by atoms with E-state index in [1.165, 1.54) is 0 Å². The number of fused-ring (bicyclic) bond motifs is 3. The quantitative estimate of drug-likeness (QED) is 0.0209. The van der Waals surface area contributed by atoms with Gasteiger partial charge in [-0.15, -0.1) is 0 Å². The number of ether oxygens (including phenoxy) is 6. The number of allylic oxidation sites excluding steroid dienone is 1. The molecule has 3 aliphatic rings. The van der Waals surface area contributed by atoms with Crippen LogP contribution in [0.25, 0.3) is 17.2 Å². The molecule has 4 unspecified atom stereocenters. The fourth-order valence-corrected chi connectivity index (χ4v) is 8.08. The van der Waals surface area contributed by atoms with Crippen molar-refractivity contribution in [3.63, 3.8) is 0 Å². The molecular formula is C50H44O11. The Kier molecular flexibility index (Phi) is 12.6. The lowest BCUT2D eigenvalue weighted by Crippen LogP contribution is -2.31. The molecule has 5 aromatic carbocycles. The minimum Gasteiger partial charge on any atom is -0.494 e. The van der Waals surface area contributed by atoms with Gasteiger partial charge in [0.1, 0.15) is 23.0 Å². The number of benzene rings is 5. The highest BCUT2D eigenvalue weighted by molar-refractivity contribution is 6.06. The summed E-state index contributed by atoms with van der Waals surface area (Å²) in [4.78, 5) is 61.7. The van der Waals surface area contributed by atoms with Crippen molar-refractivity contribution in [3.8, 4) is 34.1 Å². The van der Waals surface area contributed by atoms with Gasteiger partial charge in [0.15, 0.2) is 5.78 Å². The van der Waals surface area contributed by atoms with Gasteiger partial charge in [-0.05, 0) is 120 Å². The van der Waals surface area contributed by atoms with Gasteiger partial charge in [0.25, 0.3) is 0 Å². The number of carbonyl (C=O) groups is 5. The molecule has 0 aromatic heterocycles. The second-order valence-corrected chi connectivity index (χ2v) is 15.3. The molecule has 0 radical (unpaired) electrons. The van der Waals surface area contributed by atoms with Crippen molar-refractivity contribution in [1.82, 2.24) is 0 Å². The predicted molar refractivity (Wildman–Crippen MR) is 224 cm³/mol. The number of carbonyl (C=O) groups excluding carboxylic acids is 5. The van der Waals surface area contributed by atoms with Crippen molar-refractivity contribution in [2.24, 2.45) is 11.8 Å². The monoisotopic (exact) mass is 820 g/mol. The molecule has 0 bridgehead atoms. The highest BCUT2D eigenvalue weighted by atomic mass is 16.7. The van der Waals surface area contributed by atoms with Gasteiger partial charge in [-0.25, -0.2) is 0 Å². The van der Waals surface area contributed by atoms with E-state index in [0.717, 1.165) is 53.7 Å². The van der Waals surface area contributed by atoms with E-state index in [2.05, 4.69) is 0 Å². The van der Waals surface area contributed by atoms with Crippen LogP contribution >= 0.6 is 0 Å². The Hall–Kier alpha value is -7.01. The molecule has 1 aliphatic carbocycles. The average Bonchev–Trinajstić information content (AvgIpc) is 3.78. The highest BCUT2D eigenvalue weighted by Crippen LogP contribution is 2.51. The molecule has 4 atom stereocenters. The zero-order valence-electron chi connectivity index (χ0n) is 33.4. The molecule has 0 N–H and O–H groups in total. The molecule has 2 aliphatic heterocycles. The third kappa shape index (κ3) is 9.90. The molecule has 2 heterocycles. The maximum Gasteiger partial charge on any atom is 0.321 e. The summed E-state index contributed by atoms with van der Waals surface area (Å²) in [6, 6.07) is 37.8. The largest absolute Gasteiger partial charge is 0.494 e. The van der Waals surface area contributed by atoms with Crippen molar-refractivity contribution in [1.29, 1.82) is 0 Å². The second-order valence-electron chi connectivity index (χ2n) is 15.3. The number of esters is 4. The zero-order chi connectivity index (χ0) is 42.1. The predicted octanol–water partition coefficient (Wildman–Crippen LogP) is 9.04. The summed E-state index contributed by atoms with van der Waals surface area (Å²) in [5.74, 6) is -2.29. The van der Waals surface area contributed by atoms with Crippen LogP contribution in [0.1, 0.15) is 77.4 Å². The third-order valence-electron chi connectivity index (χ3n) is 11.3. The summed E-state index contributed by atoms with van der Waals surface area (Å²) in [6.45, 7) is 1.12. The van der Waals surface area contributed by atoms with Gasteiger partial charge < -0.3 is 28.4 Å². The van der Waals surface area contributed by atoms with Gasteiger partial charge in [0.2, 0.25) is 6.79 Å². The molecule has 0 saturated carbocycles. The normalized spacial score (nSPS) is 19.2. The lowest BCUT2D eigenvalue weighted by molar-refractivity contribution is -0.155. The number of ketones is 1. The Morgan fingerprint density at radius 2 is 1.13 bits per heavy atom. The molecule has 0 amide bonds. The Bertz CT molecular complexity index is 2400. The Balaban J connectivity index is 0.721. The van der Waals surface area contributed by atoms with Gasteiger partial charge >= 0.3 is 23.9 Å². The molecule has 11 nitrogen and oxygen atoms in total. The Morgan fingerprint density at radius 3 is 1.75 bits per heavy atom. The van der Waals surface area contributed by atoms with Crippen molar-refractivity contribution in [2.75, 3.05) is 20.0 Å². The van der Waals surface area contributed by atoms with E-state index in [9.17, 15) is 24.0 Å². The van der Waals surface area contributed by atoms with E-state index in [1.54, 1.807) is 36.4 Å².